The Morgan fingerprint density at radius 3 is 2.81 bits per heavy atom. The second-order valence-corrected chi connectivity index (χ2v) is 7.35. The molecule has 0 saturated carbocycles. The van der Waals surface area contributed by atoms with Crippen LogP contribution in [-0.2, 0) is 12.8 Å². The first-order valence-electron chi connectivity index (χ1n) is 8.39. The van der Waals surface area contributed by atoms with Gasteiger partial charge in [0.1, 0.15) is 5.82 Å². The third kappa shape index (κ3) is 2.90. The van der Waals surface area contributed by atoms with Crippen molar-refractivity contribution in [2.45, 2.75) is 23.6 Å². The first-order chi connectivity index (χ1) is 12.5. The summed E-state index contributed by atoms with van der Waals surface area (Å²) in [5.41, 5.74) is 3.91. The molecule has 1 aromatic heterocycles. The summed E-state index contributed by atoms with van der Waals surface area (Å²) in [4.78, 5) is 13.8. The summed E-state index contributed by atoms with van der Waals surface area (Å²) in [6.07, 6.45) is 0. The fourth-order valence-corrected chi connectivity index (χ4v) is 4.33. The van der Waals surface area contributed by atoms with E-state index in [1.807, 2.05) is 37.3 Å². The highest BCUT2D eigenvalue weighted by Crippen LogP contribution is 2.42. The number of carbonyl (C=O) groups excluding carboxylic acids is 1. The monoisotopic (exact) mass is 367 g/mol. The van der Waals surface area contributed by atoms with E-state index in [-0.39, 0.29) is 17.8 Å². The average Bonchev–Trinajstić information content (AvgIpc) is 2.99. The van der Waals surface area contributed by atoms with Crippen LogP contribution in [0.3, 0.4) is 0 Å². The van der Waals surface area contributed by atoms with Crippen molar-refractivity contribution >= 4 is 17.7 Å². The van der Waals surface area contributed by atoms with E-state index in [4.69, 9.17) is 0 Å². The van der Waals surface area contributed by atoms with Crippen molar-refractivity contribution in [3.05, 3.63) is 71.2 Å². The van der Waals surface area contributed by atoms with Gasteiger partial charge in [0.2, 0.25) is 0 Å². The molecule has 6 heteroatoms. The normalized spacial score (nSPS) is 13.7. The number of nitrogens with one attached hydrogen (secondary N) is 1. The van der Waals surface area contributed by atoms with Crippen LogP contribution in [0.4, 0.5) is 4.39 Å². The highest BCUT2D eigenvalue weighted by molar-refractivity contribution is 7.98. The van der Waals surface area contributed by atoms with Crippen LogP contribution in [0.1, 0.15) is 34.6 Å². The summed E-state index contributed by atoms with van der Waals surface area (Å²) in [6, 6.07) is 14.4. The standard InChI is InChI=1S/C20H18FN3OS/c1-12(13-6-4-3-5-7-13)22-20(25)18-16-11-26-17-9-8-14(21)10-15(17)19(16)24(2)23-18/h3-10,12H,11H2,1-2H3,(H,22,25). The Balaban J connectivity index is 1.67. The third-order valence-electron chi connectivity index (χ3n) is 4.58. The van der Waals surface area contributed by atoms with E-state index < -0.39 is 0 Å². The molecular weight excluding hydrogens is 349 g/mol. The van der Waals surface area contributed by atoms with Crippen LogP contribution in [0.25, 0.3) is 11.3 Å². The molecule has 1 unspecified atom stereocenters. The molecule has 1 aliphatic heterocycles. The maximum Gasteiger partial charge on any atom is 0.272 e. The van der Waals surface area contributed by atoms with Crippen LogP contribution in [0.5, 0.6) is 0 Å². The summed E-state index contributed by atoms with van der Waals surface area (Å²) in [7, 11) is 1.79. The van der Waals surface area contributed by atoms with Gasteiger partial charge in [0.05, 0.1) is 11.7 Å². The summed E-state index contributed by atoms with van der Waals surface area (Å²) in [5.74, 6) is 0.144. The van der Waals surface area contributed by atoms with E-state index in [1.165, 1.54) is 12.1 Å². The van der Waals surface area contributed by atoms with Crippen LogP contribution < -0.4 is 5.32 Å². The molecule has 1 atom stereocenters. The van der Waals surface area contributed by atoms with Crippen molar-refractivity contribution in [2.24, 2.45) is 7.05 Å². The van der Waals surface area contributed by atoms with Crippen molar-refractivity contribution in [3.8, 4) is 11.3 Å². The van der Waals surface area contributed by atoms with E-state index in [1.54, 1.807) is 29.6 Å². The van der Waals surface area contributed by atoms with Gasteiger partial charge >= 0.3 is 0 Å². The number of benzene rings is 2. The lowest BCUT2D eigenvalue weighted by atomic mass is 10.0. The molecular formula is C20H18FN3OS. The number of hydrogen-bond acceptors (Lipinski definition) is 3. The predicted octanol–water partition coefficient (Wildman–Crippen LogP) is 4.32. The largest absolute Gasteiger partial charge is 0.344 e. The Morgan fingerprint density at radius 1 is 1.27 bits per heavy atom. The van der Waals surface area contributed by atoms with Crippen LogP contribution in [0.15, 0.2) is 53.4 Å². The topological polar surface area (TPSA) is 46.9 Å². The lowest BCUT2D eigenvalue weighted by molar-refractivity contribution is 0.0933. The van der Waals surface area contributed by atoms with Gasteiger partial charge in [-0.15, -0.1) is 11.8 Å². The van der Waals surface area contributed by atoms with Crippen molar-refractivity contribution in [1.82, 2.24) is 15.1 Å². The van der Waals surface area contributed by atoms with Crippen LogP contribution >= 0.6 is 11.8 Å². The van der Waals surface area contributed by atoms with Crippen molar-refractivity contribution in [1.29, 1.82) is 0 Å². The van der Waals surface area contributed by atoms with Gasteiger partial charge in [-0.05, 0) is 30.7 Å². The maximum atomic E-state index is 13.7. The lowest BCUT2D eigenvalue weighted by Crippen LogP contribution is -2.28. The molecule has 0 spiro atoms. The van der Waals surface area contributed by atoms with E-state index in [0.29, 0.717) is 11.4 Å². The molecule has 0 aliphatic carbocycles. The van der Waals surface area contributed by atoms with Gasteiger partial charge in [-0.3, -0.25) is 9.48 Å². The Hall–Kier alpha value is -2.60. The van der Waals surface area contributed by atoms with Gasteiger partial charge in [0.25, 0.3) is 5.91 Å². The average molecular weight is 367 g/mol. The van der Waals surface area contributed by atoms with Crippen molar-refractivity contribution in [2.75, 3.05) is 0 Å². The van der Waals surface area contributed by atoms with Gasteiger partial charge < -0.3 is 5.32 Å². The Labute approximate surface area is 155 Å². The third-order valence-corrected chi connectivity index (χ3v) is 5.68. The molecule has 1 amide bonds. The second-order valence-electron chi connectivity index (χ2n) is 6.33. The first kappa shape index (κ1) is 16.8. The molecule has 4 rings (SSSR count). The number of nitrogens with zero attached hydrogens (tertiary/aromatic N) is 2. The predicted molar refractivity (Wildman–Crippen MR) is 100 cm³/mol. The molecule has 1 aliphatic rings. The fourth-order valence-electron chi connectivity index (χ4n) is 3.28. The van der Waals surface area contributed by atoms with E-state index in [9.17, 15) is 9.18 Å². The van der Waals surface area contributed by atoms with Gasteiger partial charge in [-0.25, -0.2) is 4.39 Å². The number of amides is 1. The van der Waals surface area contributed by atoms with E-state index in [0.717, 1.165) is 27.3 Å². The Bertz CT molecular complexity index is 984. The minimum Gasteiger partial charge on any atom is -0.344 e. The maximum absolute atomic E-state index is 13.7. The van der Waals surface area contributed by atoms with Gasteiger partial charge in [-0.2, -0.15) is 5.10 Å². The first-order valence-corrected chi connectivity index (χ1v) is 9.37. The molecule has 1 N–H and O–H groups in total. The number of aryl methyl sites for hydroxylation is 1. The molecule has 0 saturated heterocycles. The Kier molecular flexibility index (Phi) is 4.28. The molecule has 26 heavy (non-hydrogen) atoms. The SMILES string of the molecule is CC(NC(=O)c1nn(C)c2c1CSc1ccc(F)cc1-2)c1ccccc1. The smallest absolute Gasteiger partial charge is 0.272 e. The second kappa shape index (κ2) is 6.61. The molecule has 2 aromatic carbocycles. The molecule has 2 heterocycles. The zero-order valence-electron chi connectivity index (χ0n) is 14.5. The highest BCUT2D eigenvalue weighted by atomic mass is 32.2. The van der Waals surface area contributed by atoms with Gasteiger partial charge in [0.15, 0.2) is 5.69 Å². The van der Waals surface area contributed by atoms with Crippen molar-refractivity contribution < 1.29 is 9.18 Å². The summed E-state index contributed by atoms with van der Waals surface area (Å²) in [6.45, 7) is 1.95. The highest BCUT2D eigenvalue weighted by Gasteiger charge is 2.28. The number of aromatic nitrogens is 2. The van der Waals surface area contributed by atoms with E-state index >= 15 is 0 Å². The molecule has 0 bridgehead atoms. The zero-order chi connectivity index (χ0) is 18.3. The van der Waals surface area contributed by atoms with Gasteiger partial charge in [0, 0.05) is 28.8 Å². The zero-order valence-corrected chi connectivity index (χ0v) is 15.3. The molecule has 132 valence electrons. The van der Waals surface area contributed by atoms with Crippen LogP contribution in [-0.4, -0.2) is 15.7 Å². The molecule has 0 fully saturated rings. The Morgan fingerprint density at radius 2 is 2.04 bits per heavy atom. The number of thioether (sulfide) groups is 1. The minimum absolute atomic E-state index is 0.123. The quantitative estimate of drug-likeness (QED) is 0.750. The number of hydrogen-bond donors (Lipinski definition) is 1. The van der Waals surface area contributed by atoms with Crippen LogP contribution in [0.2, 0.25) is 0 Å². The fraction of sp³-hybridized carbons (Fsp3) is 0.200. The number of fused-ring (bicyclic) bond motifs is 3. The lowest BCUT2D eigenvalue weighted by Gasteiger charge is -2.18. The molecule has 0 radical (unpaired) electrons. The van der Waals surface area contributed by atoms with Gasteiger partial charge in [-0.1, -0.05) is 30.3 Å². The number of carbonyl (C=O) groups is 1. The van der Waals surface area contributed by atoms with Crippen LogP contribution in [0, 0.1) is 5.82 Å². The minimum atomic E-state index is -0.290. The summed E-state index contributed by atoms with van der Waals surface area (Å²) in [5, 5.41) is 7.45. The summed E-state index contributed by atoms with van der Waals surface area (Å²) >= 11 is 1.60. The number of halogens is 1. The molecule has 3 aromatic rings. The summed E-state index contributed by atoms with van der Waals surface area (Å²) < 4.78 is 15.4. The van der Waals surface area contributed by atoms with E-state index in [2.05, 4.69) is 10.4 Å². The number of rotatable bonds is 3. The molecule has 4 nitrogen and oxygen atoms in total. The van der Waals surface area contributed by atoms with Crippen molar-refractivity contribution in [3.63, 3.8) is 0 Å².